The van der Waals surface area contributed by atoms with Crippen molar-refractivity contribution in [1.82, 2.24) is 21.3 Å². The van der Waals surface area contributed by atoms with Gasteiger partial charge in [0.25, 0.3) is 0 Å². The molecule has 4 N–H and O–H groups in total. The van der Waals surface area contributed by atoms with E-state index in [1.165, 1.54) is 134 Å². The van der Waals surface area contributed by atoms with Gasteiger partial charge in [0.2, 0.25) is 23.6 Å². The van der Waals surface area contributed by atoms with Gasteiger partial charge in [0.15, 0.2) is 0 Å². The lowest BCUT2D eigenvalue weighted by Gasteiger charge is -2.22. The fourth-order valence-corrected chi connectivity index (χ4v) is 12.6. The van der Waals surface area contributed by atoms with Gasteiger partial charge < -0.3 is 75.4 Å². The molecule has 4 amide bonds. The van der Waals surface area contributed by atoms with Gasteiger partial charge in [-0.25, -0.2) is 0 Å². The zero-order valence-electron chi connectivity index (χ0n) is 75.7. The van der Waals surface area contributed by atoms with E-state index >= 15 is 0 Å². The Balaban J connectivity index is -0.000000737. The van der Waals surface area contributed by atoms with E-state index in [9.17, 15) is 43.0 Å². The van der Waals surface area contributed by atoms with Crippen LogP contribution in [0.4, 0.5) is 0 Å². The van der Waals surface area contributed by atoms with Crippen LogP contribution in [0.25, 0.3) is 0 Å². The van der Waals surface area contributed by atoms with Crippen LogP contribution < -0.4 is 35.9 Å². The summed E-state index contributed by atoms with van der Waals surface area (Å²) in [5, 5.41) is 10.2. The number of nitrogens with one attached hydrogen (secondary N) is 4. The first-order valence-corrected chi connectivity index (χ1v) is 54.2. The van der Waals surface area contributed by atoms with Crippen molar-refractivity contribution in [2.75, 3.05) is 53.6 Å². The van der Waals surface area contributed by atoms with E-state index in [4.69, 9.17) is 13.6 Å². The molecule has 0 aromatic carbocycles. The Morgan fingerprint density at radius 2 is 0.569 bits per heavy atom. The minimum Gasteiger partial charge on any atom is -0.801 e. The highest BCUT2D eigenvalue weighted by Crippen LogP contribution is 2.38. The van der Waals surface area contributed by atoms with Crippen LogP contribution in [0.15, 0.2) is 153 Å². The molecule has 4 atom stereocenters. The molecular weight excluding hydrogens is 1590 g/mol. The Labute approximate surface area is 724 Å². The Kier molecular flexibility index (Phi) is 81.6. The normalized spacial score (nSPS) is 14.7. The maximum Gasteiger partial charge on any atom is 0.222 e. The average Bonchev–Trinajstić information content (AvgIpc) is 0.993. The molecule has 0 aliphatic rings. The van der Waals surface area contributed by atoms with E-state index < -0.39 is 27.1 Å². The molecule has 0 spiro atoms. The Hall–Kier alpha value is -3.67. The molecule has 0 saturated heterocycles. The molecule has 0 aromatic heterocycles. The molecule has 0 aliphatic carbocycles. The summed E-state index contributed by atoms with van der Waals surface area (Å²) in [7, 11) is -3.80. The smallest absolute Gasteiger partial charge is 0.222 e. The molecule has 0 aromatic rings. The summed E-state index contributed by atoms with van der Waals surface area (Å²) in [5.74, 6) is -0.464. The van der Waals surface area contributed by atoms with Crippen LogP contribution in [0.2, 0.25) is 0 Å². The van der Waals surface area contributed by atoms with E-state index in [0.29, 0.717) is 38.5 Å². The topological polar surface area (TPSA) is 257 Å². The molecule has 0 radical (unpaired) electrons. The first kappa shape index (κ1) is 119. The molecule has 670 valence electrons. The number of allylic oxidation sites excluding steroid dienone is 26. The zero-order valence-corrected chi connectivity index (χ0v) is 81.7. The molecule has 0 rings (SSSR count). The summed E-state index contributed by atoms with van der Waals surface area (Å²) in [5.41, 5.74) is 13.9. The summed E-state index contributed by atoms with van der Waals surface area (Å²) in [6.07, 6.45) is 77.9. The number of rotatable bonds is 65. The monoisotopic (exact) mass is 1750 g/mol. The molecule has 17 nitrogen and oxygen atoms in total. The number of unbranched alkanes of at least 4 members (excludes halogenated alkanes) is 15. The van der Waals surface area contributed by atoms with Crippen LogP contribution in [0.5, 0.6) is 0 Å². The SMILES string of the molecule is CC(C)=CCC/C(C)=C/CC/C(C)=C/CC/C=C(\C)CC/C=C(\C)CCC(=O)NCOP(C)(=O)[O-].CC(C)=CCC/C(C)=C/CC/C(C)=C/CC/C=C(\C)CC/C=C(\C)CCC(=O)NCOP(C)([O-])=S.CC/C=C\C/C=C\C/C=C\CCCCCCCC(=O)NCOP(C)(=O)[S-].CCCCCCCCCCCC(=O)NCOP(C)([O-])=S. The van der Waals surface area contributed by atoms with Gasteiger partial charge in [0.05, 0.1) is 6.57 Å². The molecule has 4 unspecified atom stereocenters. The quantitative estimate of drug-likeness (QED) is 0.0145. The number of carbonyl (C=O) groups excluding carboxylic acids is 4. The van der Waals surface area contributed by atoms with Crippen molar-refractivity contribution in [2.24, 2.45) is 0 Å². The van der Waals surface area contributed by atoms with Crippen LogP contribution in [0.3, 0.4) is 0 Å². The van der Waals surface area contributed by atoms with Gasteiger partial charge in [-0.1, -0.05) is 261 Å². The second-order valence-electron chi connectivity index (χ2n) is 31.1. The lowest BCUT2D eigenvalue weighted by molar-refractivity contribution is -0.197. The average molecular weight is 1750 g/mol. The number of hydrogen-bond donors (Lipinski definition) is 4. The fraction of sp³-hybridized carbons (Fsp3) is 0.674. The van der Waals surface area contributed by atoms with Gasteiger partial charge in [0.1, 0.15) is 34.5 Å². The standard InChI is InChI=1S/C29H50NO4P.C29H50NO3PS.C20H36NO3PS.C14H30NO3PS/c1-24(2)13-10-16-27(5)19-11-17-25(3)14-8-9-15-26(4)18-12-20-28(6)21-22-29(31)30-23-34-35(7,32)33;1-24(2)13-10-16-27(5)19-11-17-25(3)14-8-9-15-26(4)18-12-20-28(6)21-22-29(31)30-23-33-34(7,32)35;1-3-4-5-6-7-8-9-10-11-12-13-14-15-16-17-18-20(22)21-19-24-25(2,23)26;1-3-4-5-6-7-8-9-10-11-12-14(16)15-13-18-19(2,17)20/h13-15,19-20H,8-12,16-18,21-23H2,1-7H3,(H,30,31)(H,32,33);13-15,19-20H,8-12,16-18,21-23H2,1-7H3,(H,30,31)(H,32,35);4-5,7-8,10-11H,3,6,9,12-19H2,1-2H3,(H,21,22)(H,23,26);3-13H2,1-2H3,(H,15,16)(H,17,20)/p-4/b2*25-14+,26-15+,27-19+,28-20+;5-4-,8-7-,11-10-;. The van der Waals surface area contributed by atoms with Crippen LogP contribution in [0, 0.1) is 0 Å². The van der Waals surface area contributed by atoms with Crippen LogP contribution >= 0.6 is 27.1 Å². The van der Waals surface area contributed by atoms with Crippen molar-refractivity contribution in [3.05, 3.63) is 153 Å². The zero-order chi connectivity index (χ0) is 88.2. The van der Waals surface area contributed by atoms with Gasteiger partial charge in [-0.3, -0.25) is 19.2 Å². The van der Waals surface area contributed by atoms with Gasteiger partial charge in [-0.05, 0) is 277 Å². The van der Waals surface area contributed by atoms with Crippen molar-refractivity contribution in [3.8, 4) is 0 Å². The molecule has 0 bridgehead atoms. The van der Waals surface area contributed by atoms with Gasteiger partial charge >= 0.3 is 0 Å². The maximum absolute atomic E-state index is 11.8. The van der Waals surface area contributed by atoms with E-state index in [-0.39, 0.29) is 50.6 Å². The van der Waals surface area contributed by atoms with Crippen molar-refractivity contribution < 1.29 is 61.1 Å². The number of carbonyl (C=O) groups is 4. The second-order valence-corrected chi connectivity index (χ2v) is 44.3. The lowest BCUT2D eigenvalue weighted by Crippen LogP contribution is -2.26. The molecule has 0 aliphatic heterocycles. The third-order valence-corrected chi connectivity index (χ3v) is 21.3. The van der Waals surface area contributed by atoms with Crippen molar-refractivity contribution >= 4 is 86.6 Å². The van der Waals surface area contributed by atoms with Crippen LogP contribution in [0.1, 0.15) is 354 Å². The highest BCUT2D eigenvalue weighted by Gasteiger charge is 2.08. The van der Waals surface area contributed by atoms with Crippen molar-refractivity contribution in [2.45, 2.75) is 354 Å². The predicted octanol–water partition coefficient (Wildman–Crippen LogP) is 25.3. The van der Waals surface area contributed by atoms with Gasteiger partial charge in [-0.2, -0.15) is 0 Å². The summed E-state index contributed by atoms with van der Waals surface area (Å²) in [6, 6.07) is 0. The third-order valence-electron chi connectivity index (χ3n) is 17.9. The largest absolute Gasteiger partial charge is 0.801 e. The molecule has 0 saturated carbocycles. The van der Waals surface area contributed by atoms with E-state index in [1.54, 1.807) is 0 Å². The first-order chi connectivity index (χ1) is 54.7. The predicted molar refractivity (Wildman–Crippen MR) is 504 cm³/mol. The second kappa shape index (κ2) is 79.8. The Morgan fingerprint density at radius 1 is 0.310 bits per heavy atom. The molecule has 116 heavy (non-hydrogen) atoms. The molecule has 24 heteroatoms. The first-order valence-electron chi connectivity index (χ1n) is 42.9. The lowest BCUT2D eigenvalue weighted by atomic mass is 10.0. The summed E-state index contributed by atoms with van der Waals surface area (Å²) < 4.78 is 41.2. The summed E-state index contributed by atoms with van der Waals surface area (Å²) >= 11 is 13.9. The van der Waals surface area contributed by atoms with E-state index in [2.05, 4.69) is 249 Å². The van der Waals surface area contributed by atoms with E-state index in [1.807, 2.05) is 6.92 Å². The highest BCUT2D eigenvalue weighted by atomic mass is 32.7. The van der Waals surface area contributed by atoms with Crippen molar-refractivity contribution in [3.63, 3.8) is 0 Å². The number of hydrogen-bond acceptors (Lipinski definition) is 16. The maximum atomic E-state index is 11.8. The fourth-order valence-electron chi connectivity index (χ4n) is 10.9. The molecule has 0 fully saturated rings. The third kappa shape index (κ3) is 105. The molecule has 0 heterocycles. The van der Waals surface area contributed by atoms with E-state index in [0.717, 1.165) is 167 Å². The van der Waals surface area contributed by atoms with Crippen LogP contribution in [-0.4, -0.2) is 77.2 Å². The molecular formula is C92H162N4O13P4S3-4. The summed E-state index contributed by atoms with van der Waals surface area (Å²) in [6.45, 7) is 26.1. The van der Waals surface area contributed by atoms with Gasteiger partial charge in [-0.15, -0.1) is 0 Å². The van der Waals surface area contributed by atoms with Crippen molar-refractivity contribution in [1.29, 1.82) is 0 Å². The summed E-state index contributed by atoms with van der Waals surface area (Å²) in [4.78, 5) is 79.7. The minimum atomic E-state index is -3.80. The van der Waals surface area contributed by atoms with Crippen LogP contribution in [-0.2, 0) is 82.3 Å². The number of amides is 4. The Bertz CT molecular complexity index is 3100. The Morgan fingerprint density at radius 3 is 0.871 bits per heavy atom. The minimum absolute atomic E-state index is 0.0481. The van der Waals surface area contributed by atoms with Gasteiger partial charge in [0, 0.05) is 32.3 Å². The highest BCUT2D eigenvalue weighted by molar-refractivity contribution is 8.34.